The second-order valence-electron chi connectivity index (χ2n) is 4.52. The summed E-state index contributed by atoms with van der Waals surface area (Å²) in [7, 11) is 0. The number of rotatable bonds is 6. The van der Waals surface area contributed by atoms with E-state index in [2.05, 4.69) is 28.4 Å². The Labute approximate surface area is 135 Å². The smallest absolute Gasteiger partial charge is 0.185 e. The van der Waals surface area contributed by atoms with E-state index < -0.39 is 0 Å². The van der Waals surface area contributed by atoms with Crippen LogP contribution in [0.1, 0.15) is 31.7 Å². The van der Waals surface area contributed by atoms with Gasteiger partial charge in [0, 0.05) is 13.1 Å². The number of benzene rings is 1. The van der Waals surface area contributed by atoms with Crippen molar-refractivity contribution in [3.8, 4) is 0 Å². The molecule has 0 spiro atoms. The lowest BCUT2D eigenvalue weighted by molar-refractivity contribution is 0.626. The summed E-state index contributed by atoms with van der Waals surface area (Å²) in [6, 6.07) is 6.25. The van der Waals surface area contributed by atoms with E-state index in [4.69, 9.17) is 24.4 Å². The zero-order chi connectivity index (χ0) is 15.5. The number of thiocarbonyl (C=S) groups is 2. The molecule has 7 heteroatoms. The molecule has 4 nitrogen and oxygen atoms in total. The minimum atomic E-state index is -0.249. The number of nitrogens with one attached hydrogen (secondary N) is 4. The van der Waals surface area contributed by atoms with Gasteiger partial charge < -0.3 is 10.6 Å². The van der Waals surface area contributed by atoms with Crippen molar-refractivity contribution in [3.63, 3.8) is 0 Å². The van der Waals surface area contributed by atoms with E-state index in [-0.39, 0.29) is 5.82 Å². The van der Waals surface area contributed by atoms with Crippen molar-refractivity contribution in [1.29, 1.82) is 0 Å². The molecule has 0 amide bonds. The molecule has 0 aromatic heterocycles. The number of hydrazine groups is 1. The molecule has 1 aromatic rings. The molecule has 0 atom stereocenters. The van der Waals surface area contributed by atoms with Crippen LogP contribution >= 0.6 is 24.4 Å². The van der Waals surface area contributed by atoms with Crippen molar-refractivity contribution >= 4 is 34.7 Å². The van der Waals surface area contributed by atoms with Gasteiger partial charge in [0.2, 0.25) is 0 Å². The van der Waals surface area contributed by atoms with E-state index in [0.717, 1.165) is 18.5 Å². The highest BCUT2D eigenvalue weighted by atomic mass is 32.1. The van der Waals surface area contributed by atoms with Gasteiger partial charge in [0.05, 0.1) is 0 Å². The fourth-order valence-corrected chi connectivity index (χ4v) is 1.84. The van der Waals surface area contributed by atoms with Crippen LogP contribution in [0.5, 0.6) is 0 Å². The van der Waals surface area contributed by atoms with Gasteiger partial charge in [0.1, 0.15) is 5.82 Å². The van der Waals surface area contributed by atoms with E-state index in [1.54, 1.807) is 12.1 Å². The van der Waals surface area contributed by atoms with Crippen molar-refractivity contribution < 1.29 is 4.39 Å². The molecule has 0 heterocycles. The molecule has 0 aliphatic carbocycles. The van der Waals surface area contributed by atoms with Crippen LogP contribution < -0.4 is 21.5 Å². The lowest BCUT2D eigenvalue weighted by Crippen LogP contribution is -2.50. The molecule has 0 unspecified atom stereocenters. The molecule has 21 heavy (non-hydrogen) atoms. The summed E-state index contributed by atoms with van der Waals surface area (Å²) in [5.41, 5.74) is 6.55. The monoisotopic (exact) mass is 328 g/mol. The Kier molecular flexibility index (Phi) is 8.61. The van der Waals surface area contributed by atoms with Crippen molar-refractivity contribution in [2.75, 3.05) is 6.54 Å². The summed E-state index contributed by atoms with van der Waals surface area (Å²) < 4.78 is 12.8. The topological polar surface area (TPSA) is 48.1 Å². The number of unbranched alkanes of at least 4 members (excludes halogenated alkanes) is 2. The average molecular weight is 328 g/mol. The van der Waals surface area contributed by atoms with Crippen molar-refractivity contribution in [2.24, 2.45) is 0 Å². The molecule has 0 aliphatic rings. The van der Waals surface area contributed by atoms with Crippen LogP contribution in [0.3, 0.4) is 0 Å². The molecule has 0 saturated carbocycles. The number of halogens is 1. The summed E-state index contributed by atoms with van der Waals surface area (Å²) in [6.07, 6.45) is 3.45. The van der Waals surface area contributed by atoms with Crippen LogP contribution in [0.4, 0.5) is 4.39 Å². The van der Waals surface area contributed by atoms with E-state index in [1.165, 1.54) is 25.0 Å². The van der Waals surface area contributed by atoms with E-state index >= 15 is 0 Å². The average Bonchev–Trinajstić information content (AvgIpc) is 2.49. The molecule has 116 valence electrons. The highest BCUT2D eigenvalue weighted by Gasteiger charge is 1.98. The first-order valence-electron chi connectivity index (χ1n) is 6.94. The SMILES string of the molecule is CCCCCNC(=S)NNC(=S)NCc1ccc(F)cc1. The second kappa shape index (κ2) is 10.3. The van der Waals surface area contributed by atoms with Gasteiger partial charge in [0.15, 0.2) is 10.2 Å². The maximum Gasteiger partial charge on any atom is 0.185 e. The van der Waals surface area contributed by atoms with Crippen LogP contribution in [0.15, 0.2) is 24.3 Å². The largest absolute Gasteiger partial charge is 0.361 e. The van der Waals surface area contributed by atoms with Gasteiger partial charge in [-0.1, -0.05) is 31.9 Å². The van der Waals surface area contributed by atoms with Gasteiger partial charge in [-0.3, -0.25) is 10.9 Å². The Bertz CT molecular complexity index is 451. The first-order chi connectivity index (χ1) is 10.1. The second-order valence-corrected chi connectivity index (χ2v) is 5.34. The van der Waals surface area contributed by atoms with E-state index in [0.29, 0.717) is 16.8 Å². The van der Waals surface area contributed by atoms with Crippen LogP contribution in [-0.2, 0) is 6.54 Å². The maximum absolute atomic E-state index is 12.8. The highest BCUT2D eigenvalue weighted by molar-refractivity contribution is 7.80. The highest BCUT2D eigenvalue weighted by Crippen LogP contribution is 2.01. The third-order valence-corrected chi connectivity index (χ3v) is 3.21. The molecule has 0 bridgehead atoms. The predicted octanol–water partition coefficient (Wildman–Crippen LogP) is 2.36. The van der Waals surface area contributed by atoms with Crippen molar-refractivity contribution in [2.45, 2.75) is 32.7 Å². The standard InChI is InChI=1S/C14H21FN4S2/c1-2-3-4-9-16-13(20)18-19-14(21)17-10-11-5-7-12(15)8-6-11/h5-8H,2-4,9-10H2,1H3,(H2,16,18,20)(H2,17,19,21). The minimum absolute atomic E-state index is 0.249. The van der Waals surface area contributed by atoms with E-state index in [1.807, 2.05) is 0 Å². The Morgan fingerprint density at radius 1 is 1.00 bits per heavy atom. The lowest BCUT2D eigenvalue weighted by atomic mass is 10.2. The fraction of sp³-hybridized carbons (Fsp3) is 0.429. The normalized spacial score (nSPS) is 9.81. The predicted molar refractivity (Wildman–Crippen MR) is 92.2 cm³/mol. The van der Waals surface area contributed by atoms with Crippen molar-refractivity contribution in [1.82, 2.24) is 21.5 Å². The summed E-state index contributed by atoms with van der Waals surface area (Å²) in [5.74, 6) is -0.249. The molecule has 0 saturated heterocycles. The van der Waals surface area contributed by atoms with Gasteiger partial charge in [-0.05, 0) is 48.6 Å². The fourth-order valence-electron chi connectivity index (χ4n) is 1.56. The molecule has 0 fully saturated rings. The van der Waals surface area contributed by atoms with Crippen LogP contribution in [0.25, 0.3) is 0 Å². The van der Waals surface area contributed by atoms with Gasteiger partial charge >= 0.3 is 0 Å². The lowest BCUT2D eigenvalue weighted by Gasteiger charge is -2.14. The van der Waals surface area contributed by atoms with Crippen LogP contribution in [0.2, 0.25) is 0 Å². The first-order valence-corrected chi connectivity index (χ1v) is 7.75. The Balaban J connectivity index is 2.13. The Morgan fingerprint density at radius 3 is 2.24 bits per heavy atom. The van der Waals surface area contributed by atoms with Gasteiger partial charge in [-0.2, -0.15) is 0 Å². The van der Waals surface area contributed by atoms with Gasteiger partial charge in [0.25, 0.3) is 0 Å². The first kappa shape index (κ1) is 17.6. The molecular formula is C14H21FN4S2. The molecule has 4 N–H and O–H groups in total. The summed E-state index contributed by atoms with van der Waals surface area (Å²) in [5, 5.41) is 7.02. The molecule has 0 aliphatic heterocycles. The van der Waals surface area contributed by atoms with Gasteiger partial charge in [-0.15, -0.1) is 0 Å². The maximum atomic E-state index is 12.8. The van der Waals surface area contributed by atoms with Crippen LogP contribution in [-0.4, -0.2) is 16.8 Å². The minimum Gasteiger partial charge on any atom is -0.361 e. The Hall–Kier alpha value is -1.47. The summed E-state index contributed by atoms with van der Waals surface area (Å²) in [6.45, 7) is 3.52. The Morgan fingerprint density at radius 2 is 1.62 bits per heavy atom. The molecular weight excluding hydrogens is 307 g/mol. The third kappa shape index (κ3) is 8.41. The summed E-state index contributed by atoms with van der Waals surface area (Å²) >= 11 is 10.2. The third-order valence-electron chi connectivity index (χ3n) is 2.72. The number of hydrogen-bond donors (Lipinski definition) is 4. The zero-order valence-corrected chi connectivity index (χ0v) is 13.7. The van der Waals surface area contributed by atoms with Crippen LogP contribution in [0, 0.1) is 5.82 Å². The van der Waals surface area contributed by atoms with Crippen molar-refractivity contribution in [3.05, 3.63) is 35.6 Å². The van der Waals surface area contributed by atoms with Gasteiger partial charge in [-0.25, -0.2) is 4.39 Å². The summed E-state index contributed by atoms with van der Waals surface area (Å²) in [4.78, 5) is 0. The molecule has 0 radical (unpaired) electrons. The molecule has 1 rings (SSSR count). The van der Waals surface area contributed by atoms with E-state index in [9.17, 15) is 4.39 Å². The quantitative estimate of drug-likeness (QED) is 0.365. The zero-order valence-electron chi connectivity index (χ0n) is 12.0. The molecule has 1 aromatic carbocycles. The number of hydrogen-bond acceptors (Lipinski definition) is 2.